The first-order valence-electron chi connectivity index (χ1n) is 13.3. The number of carbonyl (C=O) groups excluding carboxylic acids is 1. The zero-order chi connectivity index (χ0) is 28.8. The number of nitrogens with zero attached hydrogens (tertiary/aromatic N) is 4. The first kappa shape index (κ1) is 29.0. The number of piperazine rings is 1. The van der Waals surface area contributed by atoms with Gasteiger partial charge in [0.05, 0.1) is 16.1 Å². The smallest absolute Gasteiger partial charge is 0.352 e. The molecule has 0 radical (unpaired) electrons. The summed E-state index contributed by atoms with van der Waals surface area (Å²) in [5.41, 5.74) is -0.754. The van der Waals surface area contributed by atoms with E-state index in [1.165, 1.54) is 47.7 Å². The highest BCUT2D eigenvalue weighted by atomic mass is 35.5. The van der Waals surface area contributed by atoms with Gasteiger partial charge >= 0.3 is 11.9 Å². The molecule has 1 aromatic carbocycles. The normalized spacial score (nSPS) is 20.6. The maximum absolute atomic E-state index is 14.6. The predicted molar refractivity (Wildman–Crippen MR) is 157 cm³/mol. The molecule has 2 aromatic heterocycles. The maximum Gasteiger partial charge on any atom is 0.417 e. The minimum atomic E-state index is -4.64. The van der Waals surface area contributed by atoms with E-state index in [9.17, 15) is 22.8 Å². The molecule has 214 valence electrons. The molecule has 6 nitrogen and oxygen atoms in total. The van der Waals surface area contributed by atoms with Crippen molar-refractivity contribution in [3.63, 3.8) is 0 Å². The Kier molecular flexibility index (Phi) is 8.27. The number of rotatable bonds is 3. The van der Waals surface area contributed by atoms with E-state index in [4.69, 9.17) is 11.6 Å². The highest BCUT2D eigenvalue weighted by molar-refractivity contribution is 7.99. The Morgan fingerprint density at radius 3 is 2.38 bits per heavy atom. The monoisotopic (exact) mass is 610 g/mol. The van der Waals surface area contributed by atoms with Gasteiger partial charge in [0.2, 0.25) is 5.91 Å². The Balaban J connectivity index is 0.00000101. The quantitative estimate of drug-likeness (QED) is 0.297. The van der Waals surface area contributed by atoms with Crippen LogP contribution in [0.25, 0.3) is 21.3 Å². The van der Waals surface area contributed by atoms with Crippen molar-refractivity contribution in [1.29, 1.82) is 0 Å². The molecule has 1 saturated carbocycles. The van der Waals surface area contributed by atoms with E-state index < -0.39 is 17.4 Å². The molecule has 40 heavy (non-hydrogen) atoms. The second-order valence-electron chi connectivity index (χ2n) is 10.3. The van der Waals surface area contributed by atoms with Gasteiger partial charge in [-0.25, -0.2) is 4.79 Å². The summed E-state index contributed by atoms with van der Waals surface area (Å²) < 4.78 is 45.2. The van der Waals surface area contributed by atoms with Gasteiger partial charge in [0, 0.05) is 57.8 Å². The Hall–Kier alpha value is -2.50. The molecule has 1 aliphatic carbocycles. The summed E-state index contributed by atoms with van der Waals surface area (Å²) in [6, 6.07) is 2.15. The van der Waals surface area contributed by atoms with Crippen LogP contribution in [0.1, 0.15) is 45.1 Å². The molecule has 1 amide bonds. The number of thiophene rings is 1. The molecule has 6 rings (SSSR count). The van der Waals surface area contributed by atoms with Crippen LogP contribution in [0.4, 0.5) is 19.0 Å². The predicted octanol–water partition coefficient (Wildman–Crippen LogP) is 7.07. The van der Waals surface area contributed by atoms with Gasteiger partial charge in [-0.3, -0.25) is 9.36 Å². The second-order valence-corrected chi connectivity index (χ2v) is 12.8. The molecule has 0 spiro atoms. The zero-order valence-corrected chi connectivity index (χ0v) is 24.7. The number of anilines is 1. The molecule has 2 atom stereocenters. The molecule has 2 aliphatic heterocycles. The molecule has 12 heteroatoms. The first-order chi connectivity index (χ1) is 19.0. The number of carbonyl (C=O) groups is 1. The third kappa shape index (κ3) is 5.65. The fourth-order valence-corrected chi connectivity index (χ4v) is 7.73. The zero-order valence-electron chi connectivity index (χ0n) is 22.3. The van der Waals surface area contributed by atoms with E-state index in [1.54, 1.807) is 10.3 Å². The summed E-state index contributed by atoms with van der Waals surface area (Å²) in [6.07, 6.45) is 1.74. The summed E-state index contributed by atoms with van der Waals surface area (Å²) in [4.78, 5) is 34.3. The van der Waals surface area contributed by atoms with Crippen molar-refractivity contribution in [1.82, 2.24) is 14.5 Å². The first-order valence-corrected chi connectivity index (χ1v) is 15.5. The molecule has 1 saturated heterocycles. The molecule has 4 heterocycles. The summed E-state index contributed by atoms with van der Waals surface area (Å²) >= 11 is 8.58. The minimum absolute atomic E-state index is 0.0530. The molecular weight excluding hydrogens is 581 g/mol. The van der Waals surface area contributed by atoms with Gasteiger partial charge in [-0.2, -0.15) is 18.2 Å². The van der Waals surface area contributed by atoms with Crippen LogP contribution >= 0.6 is 34.7 Å². The highest BCUT2D eigenvalue weighted by Gasteiger charge is 2.39. The van der Waals surface area contributed by atoms with E-state index >= 15 is 0 Å². The van der Waals surface area contributed by atoms with Crippen LogP contribution in [-0.4, -0.2) is 51.3 Å². The summed E-state index contributed by atoms with van der Waals surface area (Å²) in [7, 11) is 0. The van der Waals surface area contributed by atoms with Crippen molar-refractivity contribution in [2.75, 3.05) is 23.7 Å². The number of aromatic nitrogens is 2. The number of thioether (sulfide) groups is 1. The highest BCUT2D eigenvalue weighted by Crippen LogP contribution is 2.49. The van der Waals surface area contributed by atoms with Crippen LogP contribution in [0.5, 0.6) is 0 Å². The number of alkyl halides is 3. The van der Waals surface area contributed by atoms with Gasteiger partial charge in [-0.1, -0.05) is 37.4 Å². The number of aryl methyl sites for hydroxylation is 1. The molecular formula is C28H30ClF3N4O2S2. The van der Waals surface area contributed by atoms with Crippen molar-refractivity contribution in [2.45, 2.75) is 69.2 Å². The van der Waals surface area contributed by atoms with Crippen LogP contribution < -0.4 is 10.6 Å². The number of hydrogen-bond donors (Lipinski definition) is 0. The molecule has 3 aliphatic rings. The molecule has 0 N–H and O–H groups in total. The average molecular weight is 611 g/mol. The Morgan fingerprint density at radius 2 is 1.82 bits per heavy atom. The molecule has 2 fully saturated rings. The second kappa shape index (κ2) is 11.4. The topological polar surface area (TPSA) is 58.4 Å². The number of halogens is 4. The minimum Gasteiger partial charge on any atom is -0.352 e. The molecule has 2 unspecified atom stereocenters. The van der Waals surface area contributed by atoms with E-state index in [1.807, 2.05) is 18.7 Å². The number of hydrogen-bond acceptors (Lipinski definition) is 6. The third-order valence-electron chi connectivity index (χ3n) is 7.09. The SMILES string of the molecule is C1CC1.C=CC(=O)N1C(C)CN(c2nc(=O)n3c4c(c(-c5cc(Cl)cs5)c(C(F)(F)F)cc24)SCCC3)CC1C. The number of benzene rings is 1. The largest absolute Gasteiger partial charge is 0.417 e. The fourth-order valence-electron chi connectivity index (χ4n) is 5.33. The van der Waals surface area contributed by atoms with Crippen LogP contribution in [0.2, 0.25) is 5.02 Å². The summed E-state index contributed by atoms with van der Waals surface area (Å²) in [6.45, 7) is 8.31. The summed E-state index contributed by atoms with van der Waals surface area (Å²) in [5.74, 6) is 0.566. The Bertz CT molecular complexity index is 1500. The molecule has 0 bridgehead atoms. The van der Waals surface area contributed by atoms with Crippen molar-refractivity contribution < 1.29 is 18.0 Å². The van der Waals surface area contributed by atoms with Gasteiger partial charge in [0.15, 0.2) is 0 Å². The van der Waals surface area contributed by atoms with Crippen molar-refractivity contribution in [2.24, 2.45) is 0 Å². The number of amides is 1. The standard InChI is InChI=1S/C25H24ClF3N4O2S2.C3H6/c1-4-19(34)33-13(2)10-31(11-14(33)3)23-16-9-17(25(27,28)29)20(18-8-15(26)12-37-18)22-21(16)32(24(35)30-23)6-5-7-36-22;1-2-3-1/h4,8-9,12-14H,1,5-7,10-11H2,2-3H3;1-3H2. The lowest BCUT2D eigenvalue weighted by Gasteiger charge is -2.44. The van der Waals surface area contributed by atoms with Gasteiger partial charge in [0.25, 0.3) is 0 Å². The van der Waals surface area contributed by atoms with Gasteiger partial charge in [-0.05, 0) is 44.2 Å². The lowest BCUT2D eigenvalue weighted by molar-refractivity contribution is -0.137. The maximum atomic E-state index is 14.6. The third-order valence-corrected chi connectivity index (χ3v) is 9.57. The van der Waals surface area contributed by atoms with E-state index in [0.29, 0.717) is 52.1 Å². The van der Waals surface area contributed by atoms with Gasteiger partial charge in [-0.15, -0.1) is 23.1 Å². The lowest BCUT2D eigenvalue weighted by atomic mass is 10.0. The van der Waals surface area contributed by atoms with Crippen LogP contribution in [0.3, 0.4) is 0 Å². The van der Waals surface area contributed by atoms with Gasteiger partial charge < -0.3 is 9.80 Å². The average Bonchev–Trinajstić information content (AvgIpc) is 3.74. The van der Waals surface area contributed by atoms with E-state index in [2.05, 4.69) is 11.6 Å². The van der Waals surface area contributed by atoms with Crippen LogP contribution in [-0.2, 0) is 17.5 Å². The van der Waals surface area contributed by atoms with Crippen LogP contribution in [0.15, 0.2) is 39.9 Å². The van der Waals surface area contributed by atoms with Gasteiger partial charge in [0.1, 0.15) is 5.82 Å². The van der Waals surface area contributed by atoms with Crippen molar-refractivity contribution in [3.8, 4) is 10.4 Å². The van der Waals surface area contributed by atoms with E-state index in [-0.39, 0.29) is 34.8 Å². The van der Waals surface area contributed by atoms with Crippen LogP contribution in [0, 0.1) is 0 Å². The van der Waals surface area contributed by atoms with Crippen molar-refractivity contribution >= 4 is 57.3 Å². The Morgan fingerprint density at radius 1 is 1.15 bits per heavy atom. The Labute approximate surface area is 243 Å². The lowest BCUT2D eigenvalue weighted by Crippen LogP contribution is -2.58. The molecule has 3 aromatic rings. The van der Waals surface area contributed by atoms with E-state index in [0.717, 1.165) is 17.4 Å². The summed E-state index contributed by atoms with van der Waals surface area (Å²) in [5, 5.41) is 2.25. The fraction of sp³-hybridized carbons (Fsp3) is 0.464. The van der Waals surface area contributed by atoms with Crippen molar-refractivity contribution in [3.05, 3.63) is 51.2 Å².